The van der Waals surface area contributed by atoms with Gasteiger partial charge in [-0.2, -0.15) is 0 Å². The molecule has 0 spiro atoms. The zero-order valence-corrected chi connectivity index (χ0v) is 7.35. The fraction of sp³-hybridized carbons (Fsp3) is 0.700. The van der Waals surface area contributed by atoms with Crippen molar-refractivity contribution in [3.63, 3.8) is 0 Å². The Morgan fingerprint density at radius 2 is 2.18 bits per heavy atom. The number of Topliss-reactive ketones (excluding diaryl/α,β-unsaturated/α-hetero) is 1. The molecule has 0 amide bonds. The molecule has 0 aliphatic heterocycles. The molecule has 0 aromatic rings. The van der Waals surface area contributed by atoms with Crippen LogP contribution in [0.5, 0.6) is 0 Å². The smallest absolute Gasteiger partial charge is 0.147 e. The number of carbonyl (C=O) groups is 1. The van der Waals surface area contributed by atoms with Crippen LogP contribution in [0.4, 0.5) is 0 Å². The first-order chi connectivity index (χ1) is 5.02. The minimum Gasteiger partial charge on any atom is -0.298 e. The topological polar surface area (TPSA) is 17.1 Å². The van der Waals surface area contributed by atoms with Gasteiger partial charge in [-0.3, -0.25) is 4.79 Å². The lowest BCUT2D eigenvalue weighted by Gasteiger charge is -2.27. The number of ketones is 1. The molecule has 1 heteroatoms. The molecular formula is C10H14O. The summed E-state index contributed by atoms with van der Waals surface area (Å²) in [4.78, 5) is 11.5. The van der Waals surface area contributed by atoms with Crippen molar-refractivity contribution < 1.29 is 4.79 Å². The molecule has 0 radical (unpaired) electrons. The molecule has 0 heterocycles. The molecule has 2 aliphatic rings. The number of fused-ring (bicyclic) bond motifs is 2. The van der Waals surface area contributed by atoms with Crippen molar-refractivity contribution in [2.75, 3.05) is 0 Å². The third-order valence-electron chi connectivity index (χ3n) is 3.10. The summed E-state index contributed by atoms with van der Waals surface area (Å²) in [5.74, 6) is 0.968. The Morgan fingerprint density at radius 1 is 1.55 bits per heavy atom. The summed E-state index contributed by atoms with van der Waals surface area (Å²) in [6.45, 7) is 6.49. The maximum Gasteiger partial charge on any atom is 0.147 e. The summed E-state index contributed by atoms with van der Waals surface area (Å²) in [5, 5.41) is 0. The van der Waals surface area contributed by atoms with Crippen LogP contribution in [-0.2, 0) is 4.79 Å². The average molecular weight is 150 g/mol. The number of rotatable bonds is 0. The van der Waals surface area contributed by atoms with E-state index in [0.29, 0.717) is 5.78 Å². The van der Waals surface area contributed by atoms with Crippen LogP contribution in [0.15, 0.2) is 11.6 Å². The Kier molecular flexibility index (Phi) is 1.14. The van der Waals surface area contributed by atoms with E-state index in [2.05, 4.69) is 26.8 Å². The largest absolute Gasteiger partial charge is 0.298 e. The van der Waals surface area contributed by atoms with Gasteiger partial charge in [0.25, 0.3) is 0 Å². The minimum absolute atomic E-state index is 0.237. The van der Waals surface area contributed by atoms with Gasteiger partial charge in [-0.05, 0) is 18.8 Å². The highest BCUT2D eigenvalue weighted by Crippen LogP contribution is 2.52. The van der Waals surface area contributed by atoms with E-state index >= 15 is 0 Å². The van der Waals surface area contributed by atoms with Gasteiger partial charge in [-0.15, -0.1) is 0 Å². The van der Waals surface area contributed by atoms with Gasteiger partial charge < -0.3 is 0 Å². The van der Waals surface area contributed by atoms with Gasteiger partial charge in [0.1, 0.15) is 5.78 Å². The zero-order valence-electron chi connectivity index (χ0n) is 7.35. The van der Waals surface area contributed by atoms with Crippen LogP contribution in [-0.4, -0.2) is 5.78 Å². The molecule has 2 aliphatic carbocycles. The quantitative estimate of drug-likeness (QED) is 0.484. The van der Waals surface area contributed by atoms with Crippen LogP contribution in [0, 0.1) is 17.3 Å². The fourth-order valence-electron chi connectivity index (χ4n) is 2.78. The van der Waals surface area contributed by atoms with E-state index < -0.39 is 0 Å². The summed E-state index contributed by atoms with van der Waals surface area (Å²) in [5.41, 5.74) is 1.54. The van der Waals surface area contributed by atoms with Gasteiger partial charge in [0.05, 0.1) is 0 Å². The van der Waals surface area contributed by atoms with E-state index in [4.69, 9.17) is 0 Å². The number of hydrogen-bond acceptors (Lipinski definition) is 1. The fourth-order valence-corrected chi connectivity index (χ4v) is 2.78. The van der Waals surface area contributed by atoms with Crippen molar-refractivity contribution in [1.82, 2.24) is 0 Å². The lowest BCUT2D eigenvalue weighted by atomic mass is 9.76. The molecule has 1 fully saturated rings. The first-order valence-corrected chi connectivity index (χ1v) is 4.24. The second-order valence-corrected chi connectivity index (χ2v) is 4.55. The van der Waals surface area contributed by atoms with E-state index in [1.807, 2.05) is 0 Å². The summed E-state index contributed by atoms with van der Waals surface area (Å²) >= 11 is 0. The summed E-state index contributed by atoms with van der Waals surface area (Å²) < 4.78 is 0. The van der Waals surface area contributed by atoms with Crippen LogP contribution >= 0.6 is 0 Å². The van der Waals surface area contributed by atoms with E-state index in [1.165, 1.54) is 5.57 Å². The summed E-state index contributed by atoms with van der Waals surface area (Å²) in [7, 11) is 0. The van der Waals surface area contributed by atoms with Crippen molar-refractivity contribution >= 4 is 5.78 Å². The van der Waals surface area contributed by atoms with Crippen LogP contribution < -0.4 is 0 Å². The molecule has 0 aromatic heterocycles. The van der Waals surface area contributed by atoms with Gasteiger partial charge in [-0.25, -0.2) is 0 Å². The van der Waals surface area contributed by atoms with Gasteiger partial charge in [0.15, 0.2) is 0 Å². The van der Waals surface area contributed by atoms with Crippen molar-refractivity contribution in [2.24, 2.45) is 17.3 Å². The monoisotopic (exact) mass is 150 g/mol. The van der Waals surface area contributed by atoms with Crippen LogP contribution in [0.1, 0.15) is 27.2 Å². The van der Waals surface area contributed by atoms with Crippen molar-refractivity contribution in [1.29, 1.82) is 0 Å². The molecule has 2 rings (SSSR count). The Labute approximate surface area is 67.5 Å². The molecule has 11 heavy (non-hydrogen) atoms. The van der Waals surface area contributed by atoms with E-state index in [-0.39, 0.29) is 17.3 Å². The van der Waals surface area contributed by atoms with Crippen molar-refractivity contribution in [3.05, 3.63) is 11.6 Å². The molecule has 0 aromatic carbocycles. The number of allylic oxidation sites excluding steroid dienone is 2. The van der Waals surface area contributed by atoms with Crippen LogP contribution in [0.2, 0.25) is 0 Å². The number of hydrogen-bond donors (Lipinski definition) is 0. The lowest BCUT2D eigenvalue weighted by Crippen LogP contribution is -2.22. The normalized spacial score (nSPS) is 39.5. The zero-order chi connectivity index (χ0) is 8.22. The third kappa shape index (κ3) is 0.741. The molecule has 1 nitrogen and oxygen atoms in total. The molecule has 2 atom stereocenters. The molecule has 0 saturated heterocycles. The minimum atomic E-state index is 0.237. The highest BCUT2D eigenvalue weighted by molar-refractivity contribution is 5.93. The molecular weight excluding hydrogens is 136 g/mol. The third-order valence-corrected chi connectivity index (χ3v) is 3.10. The van der Waals surface area contributed by atoms with E-state index in [9.17, 15) is 4.79 Å². The predicted octanol–water partition coefficient (Wildman–Crippen LogP) is 2.18. The Hall–Kier alpha value is -0.590. The molecule has 60 valence electrons. The Morgan fingerprint density at radius 3 is 2.45 bits per heavy atom. The summed E-state index contributed by atoms with van der Waals surface area (Å²) in [6, 6.07) is 0. The van der Waals surface area contributed by atoms with Gasteiger partial charge >= 0.3 is 0 Å². The number of carbonyl (C=O) groups excluding carboxylic acids is 1. The lowest BCUT2D eigenvalue weighted by molar-refractivity contribution is -0.121. The van der Waals surface area contributed by atoms with Crippen LogP contribution in [0.25, 0.3) is 0 Å². The molecule has 0 N–H and O–H groups in total. The second kappa shape index (κ2) is 1.77. The van der Waals surface area contributed by atoms with E-state index in [0.717, 1.165) is 6.42 Å². The van der Waals surface area contributed by atoms with Gasteiger partial charge in [0.2, 0.25) is 0 Å². The SMILES string of the molecule is CC1=CC2CC(C)(C)C1C2=O. The first kappa shape index (κ1) is 7.08. The first-order valence-electron chi connectivity index (χ1n) is 4.24. The summed E-state index contributed by atoms with van der Waals surface area (Å²) in [6.07, 6.45) is 3.21. The highest BCUT2D eigenvalue weighted by atomic mass is 16.1. The van der Waals surface area contributed by atoms with E-state index in [1.54, 1.807) is 0 Å². The standard InChI is InChI=1S/C10H14O/c1-6-4-7-5-10(2,3)8(6)9(7)11/h4,7-8H,5H2,1-3H3. The molecule has 2 bridgehead atoms. The average Bonchev–Trinajstić information content (AvgIpc) is 2.16. The van der Waals surface area contributed by atoms with Crippen LogP contribution in [0.3, 0.4) is 0 Å². The van der Waals surface area contributed by atoms with Gasteiger partial charge in [-0.1, -0.05) is 25.5 Å². The Bertz CT molecular complexity index is 248. The second-order valence-electron chi connectivity index (χ2n) is 4.55. The van der Waals surface area contributed by atoms with Crippen molar-refractivity contribution in [3.8, 4) is 0 Å². The Balaban J connectivity index is 2.45. The van der Waals surface area contributed by atoms with Gasteiger partial charge in [0, 0.05) is 11.8 Å². The molecule has 2 unspecified atom stereocenters. The maximum atomic E-state index is 11.5. The predicted molar refractivity (Wildman–Crippen MR) is 44.1 cm³/mol. The van der Waals surface area contributed by atoms with Crippen molar-refractivity contribution in [2.45, 2.75) is 27.2 Å². The maximum absolute atomic E-state index is 11.5. The molecule has 1 saturated carbocycles. The highest BCUT2D eigenvalue weighted by Gasteiger charge is 2.51.